The molecule has 0 amide bonds. The second-order valence-electron chi connectivity index (χ2n) is 3.82. The Morgan fingerprint density at radius 2 is 2.60 bits per heavy atom. The maximum absolute atomic E-state index is 5.67. The topological polar surface area (TPSA) is 12.5 Å². The van der Waals surface area contributed by atoms with Gasteiger partial charge in [-0.1, -0.05) is 6.08 Å². The van der Waals surface area contributed by atoms with Gasteiger partial charge in [0.25, 0.3) is 0 Å². The lowest BCUT2D eigenvalue weighted by Crippen LogP contribution is -2.09. The van der Waals surface area contributed by atoms with E-state index in [1.165, 1.54) is 19.3 Å². The molecule has 1 nitrogen and oxygen atoms in total. The molecule has 1 heterocycles. The number of allylic oxidation sites excluding steroid dienone is 1. The van der Waals surface area contributed by atoms with Crippen molar-refractivity contribution in [2.45, 2.75) is 37.9 Å². The molecule has 3 atom stereocenters. The zero-order valence-corrected chi connectivity index (χ0v) is 6.26. The molecule has 54 valence electrons. The van der Waals surface area contributed by atoms with Crippen molar-refractivity contribution in [3.63, 3.8) is 0 Å². The molecule has 2 saturated carbocycles. The number of rotatable bonds is 0. The van der Waals surface area contributed by atoms with E-state index in [4.69, 9.17) is 4.74 Å². The number of epoxide rings is 1. The summed E-state index contributed by atoms with van der Waals surface area (Å²) in [4.78, 5) is 0. The second-order valence-corrected chi connectivity index (χ2v) is 3.82. The zero-order chi connectivity index (χ0) is 6.77. The predicted molar refractivity (Wildman–Crippen MR) is 38.7 cm³/mol. The molecule has 1 saturated heterocycles. The van der Waals surface area contributed by atoms with Crippen molar-refractivity contribution in [3.05, 3.63) is 11.6 Å². The Morgan fingerprint density at radius 1 is 1.70 bits per heavy atom. The quantitative estimate of drug-likeness (QED) is 0.366. The normalized spacial score (nSPS) is 59.5. The van der Waals surface area contributed by atoms with E-state index in [1.807, 2.05) is 0 Å². The van der Waals surface area contributed by atoms with Crippen molar-refractivity contribution in [1.29, 1.82) is 0 Å². The fourth-order valence-corrected chi connectivity index (χ4v) is 2.87. The molecule has 3 fully saturated rings. The summed E-state index contributed by atoms with van der Waals surface area (Å²) in [6, 6.07) is 0. The van der Waals surface area contributed by atoms with Gasteiger partial charge in [-0.2, -0.15) is 0 Å². The monoisotopic (exact) mass is 136 g/mol. The lowest BCUT2D eigenvalue weighted by atomic mass is 9.95. The first-order valence-corrected chi connectivity index (χ1v) is 4.18. The number of hydrogen-bond acceptors (Lipinski definition) is 1. The van der Waals surface area contributed by atoms with Crippen molar-refractivity contribution in [1.82, 2.24) is 0 Å². The third-order valence-corrected chi connectivity index (χ3v) is 3.36. The van der Waals surface area contributed by atoms with E-state index in [2.05, 4.69) is 13.0 Å². The lowest BCUT2D eigenvalue weighted by molar-refractivity contribution is 0.271. The summed E-state index contributed by atoms with van der Waals surface area (Å²) in [6.45, 7) is 2.14. The molecule has 3 unspecified atom stereocenters. The summed E-state index contributed by atoms with van der Waals surface area (Å²) in [5, 5.41) is 0. The van der Waals surface area contributed by atoms with Gasteiger partial charge >= 0.3 is 0 Å². The van der Waals surface area contributed by atoms with Gasteiger partial charge in [0.1, 0.15) is 5.60 Å². The van der Waals surface area contributed by atoms with Crippen LogP contribution in [0.2, 0.25) is 0 Å². The average molecular weight is 136 g/mol. The molecule has 2 aliphatic carbocycles. The number of fused-ring (bicyclic) bond motifs is 1. The molecule has 0 N–H and O–H groups in total. The van der Waals surface area contributed by atoms with Crippen molar-refractivity contribution >= 4 is 0 Å². The Hall–Kier alpha value is -0.300. The van der Waals surface area contributed by atoms with Crippen molar-refractivity contribution < 1.29 is 4.74 Å². The third kappa shape index (κ3) is 0.392. The van der Waals surface area contributed by atoms with E-state index in [1.54, 1.807) is 5.57 Å². The first-order chi connectivity index (χ1) is 4.85. The van der Waals surface area contributed by atoms with E-state index in [0.717, 1.165) is 5.92 Å². The van der Waals surface area contributed by atoms with Crippen LogP contribution in [0.3, 0.4) is 0 Å². The van der Waals surface area contributed by atoms with Crippen molar-refractivity contribution in [2.75, 3.05) is 0 Å². The highest BCUT2D eigenvalue weighted by atomic mass is 16.6. The predicted octanol–water partition coefficient (Wildman–Crippen LogP) is 1.88. The molecule has 1 heteroatoms. The summed E-state index contributed by atoms with van der Waals surface area (Å²) in [5.41, 5.74) is 1.90. The van der Waals surface area contributed by atoms with Crippen LogP contribution in [0.5, 0.6) is 0 Å². The Morgan fingerprint density at radius 3 is 3.10 bits per heavy atom. The molecule has 2 bridgehead atoms. The second kappa shape index (κ2) is 1.33. The van der Waals surface area contributed by atoms with Gasteiger partial charge in [-0.3, -0.25) is 0 Å². The van der Waals surface area contributed by atoms with Crippen LogP contribution >= 0.6 is 0 Å². The molecule has 1 aliphatic heterocycles. The lowest BCUT2D eigenvalue weighted by Gasteiger charge is -2.06. The fraction of sp³-hybridized carbons (Fsp3) is 0.778. The van der Waals surface area contributed by atoms with Gasteiger partial charge in [0.15, 0.2) is 0 Å². The maximum atomic E-state index is 5.67. The van der Waals surface area contributed by atoms with Gasteiger partial charge in [-0.25, -0.2) is 0 Å². The van der Waals surface area contributed by atoms with Gasteiger partial charge in [-0.05, 0) is 37.7 Å². The highest BCUT2D eigenvalue weighted by Gasteiger charge is 2.68. The molecule has 3 rings (SSSR count). The summed E-state index contributed by atoms with van der Waals surface area (Å²) in [7, 11) is 0. The van der Waals surface area contributed by atoms with E-state index < -0.39 is 0 Å². The number of ether oxygens (including phenoxy) is 1. The van der Waals surface area contributed by atoms with Gasteiger partial charge in [0.05, 0.1) is 6.10 Å². The van der Waals surface area contributed by atoms with Crippen LogP contribution in [0.25, 0.3) is 0 Å². The molecule has 10 heavy (non-hydrogen) atoms. The Balaban J connectivity index is 2.07. The minimum Gasteiger partial charge on any atom is -0.361 e. The molecular weight excluding hydrogens is 124 g/mol. The van der Waals surface area contributed by atoms with Gasteiger partial charge in [-0.15, -0.1) is 0 Å². The molecule has 0 aromatic carbocycles. The summed E-state index contributed by atoms with van der Waals surface area (Å²) >= 11 is 0. The molecule has 0 aromatic heterocycles. The van der Waals surface area contributed by atoms with Crippen LogP contribution in [0.4, 0.5) is 0 Å². The summed E-state index contributed by atoms with van der Waals surface area (Å²) < 4.78 is 5.67. The van der Waals surface area contributed by atoms with Gasteiger partial charge in [0.2, 0.25) is 0 Å². The Labute approximate surface area is 61.1 Å². The SMILES string of the molecule is CC=C1CC2CC3OC13C2. The molecule has 3 aliphatic rings. The van der Waals surface area contributed by atoms with E-state index >= 15 is 0 Å². The molecule has 0 aromatic rings. The highest BCUT2D eigenvalue weighted by Crippen LogP contribution is 2.64. The summed E-state index contributed by atoms with van der Waals surface area (Å²) in [6.07, 6.45) is 6.90. The largest absolute Gasteiger partial charge is 0.361 e. The van der Waals surface area contributed by atoms with Gasteiger partial charge in [0, 0.05) is 0 Å². The average Bonchev–Trinajstić information content (AvgIpc) is 2.36. The molecule has 0 radical (unpaired) electrons. The van der Waals surface area contributed by atoms with Crippen LogP contribution in [0.1, 0.15) is 26.2 Å². The van der Waals surface area contributed by atoms with E-state index in [0.29, 0.717) is 11.7 Å². The minimum absolute atomic E-state index is 0.305. The third-order valence-electron chi connectivity index (χ3n) is 3.36. The van der Waals surface area contributed by atoms with Crippen LogP contribution in [-0.4, -0.2) is 11.7 Å². The fourth-order valence-electron chi connectivity index (χ4n) is 2.87. The molecule has 1 spiro atoms. The van der Waals surface area contributed by atoms with Crippen LogP contribution in [-0.2, 0) is 4.74 Å². The summed E-state index contributed by atoms with van der Waals surface area (Å²) in [5.74, 6) is 0.977. The number of hydrogen-bond donors (Lipinski definition) is 0. The Bertz CT molecular complexity index is 219. The van der Waals surface area contributed by atoms with Crippen LogP contribution in [0.15, 0.2) is 11.6 Å². The maximum Gasteiger partial charge on any atom is 0.116 e. The van der Waals surface area contributed by atoms with Gasteiger partial charge < -0.3 is 4.74 Å². The van der Waals surface area contributed by atoms with Crippen molar-refractivity contribution in [3.8, 4) is 0 Å². The van der Waals surface area contributed by atoms with Crippen molar-refractivity contribution in [2.24, 2.45) is 5.92 Å². The minimum atomic E-state index is 0.305. The zero-order valence-electron chi connectivity index (χ0n) is 6.26. The van der Waals surface area contributed by atoms with E-state index in [-0.39, 0.29) is 0 Å². The van der Waals surface area contributed by atoms with E-state index in [9.17, 15) is 0 Å². The highest BCUT2D eigenvalue weighted by molar-refractivity contribution is 5.36. The molecular formula is C9H12O. The smallest absolute Gasteiger partial charge is 0.116 e. The standard InChI is InChI=1S/C9H12O/c1-2-7-3-6-4-8-9(7,5-6)10-8/h2,6,8H,3-5H2,1H3. The first kappa shape index (κ1) is 5.36. The first-order valence-electron chi connectivity index (χ1n) is 4.18. The van der Waals surface area contributed by atoms with Crippen LogP contribution in [0, 0.1) is 5.92 Å². The van der Waals surface area contributed by atoms with Crippen LogP contribution < -0.4 is 0 Å². The Kier molecular flexibility index (Phi) is 0.713.